The lowest BCUT2D eigenvalue weighted by Gasteiger charge is -2.36. The Morgan fingerprint density at radius 3 is 2.43 bits per heavy atom. The molecule has 0 N–H and O–H groups in total. The van der Waals surface area contributed by atoms with E-state index in [-0.39, 0.29) is 17.7 Å². The van der Waals surface area contributed by atoms with Gasteiger partial charge in [-0.25, -0.2) is 4.79 Å². The molecule has 122 valence electrons. The number of unbranched alkanes of at least 4 members (excludes halogenated alkanes) is 4. The van der Waals surface area contributed by atoms with Crippen molar-refractivity contribution in [3.05, 3.63) is 12.2 Å². The molecule has 0 unspecified atom stereocenters. The molecule has 1 heterocycles. The minimum Gasteiger partial charge on any atom is -0.462 e. The molecule has 4 nitrogen and oxygen atoms in total. The third kappa shape index (κ3) is 7.09. The van der Waals surface area contributed by atoms with Crippen molar-refractivity contribution in [1.29, 1.82) is 0 Å². The van der Waals surface area contributed by atoms with Gasteiger partial charge in [-0.05, 0) is 19.8 Å². The summed E-state index contributed by atoms with van der Waals surface area (Å²) in [5, 5.41) is 0. The average molecular weight is 298 g/mol. The zero-order valence-electron chi connectivity index (χ0n) is 13.8. The van der Waals surface area contributed by atoms with E-state index < -0.39 is 0 Å². The van der Waals surface area contributed by atoms with Crippen LogP contribution >= 0.6 is 0 Å². The first-order valence-electron chi connectivity index (χ1n) is 8.03. The van der Waals surface area contributed by atoms with Crippen molar-refractivity contribution in [2.45, 2.75) is 65.6 Å². The number of esters is 1. The van der Waals surface area contributed by atoms with Gasteiger partial charge >= 0.3 is 5.97 Å². The quantitative estimate of drug-likeness (QED) is 0.368. The van der Waals surface area contributed by atoms with Crippen LogP contribution in [0.4, 0.5) is 0 Å². The second-order valence-corrected chi connectivity index (χ2v) is 6.42. The molecule has 0 aromatic rings. The Morgan fingerprint density at radius 1 is 1.24 bits per heavy atom. The van der Waals surface area contributed by atoms with Gasteiger partial charge in [-0.1, -0.05) is 46.1 Å². The summed E-state index contributed by atoms with van der Waals surface area (Å²) in [6.07, 6.45) is 7.09. The maximum atomic E-state index is 11.4. The fourth-order valence-electron chi connectivity index (χ4n) is 2.21. The second kappa shape index (κ2) is 9.21. The summed E-state index contributed by atoms with van der Waals surface area (Å²) >= 11 is 0. The predicted molar refractivity (Wildman–Crippen MR) is 82.9 cm³/mol. The summed E-state index contributed by atoms with van der Waals surface area (Å²) in [6.45, 7) is 10.9. The minimum atomic E-state index is -0.353. The van der Waals surface area contributed by atoms with Crippen LogP contribution in [0.15, 0.2) is 12.2 Å². The van der Waals surface area contributed by atoms with Gasteiger partial charge in [0.05, 0.1) is 13.2 Å². The van der Waals surface area contributed by atoms with Gasteiger partial charge in [0.15, 0.2) is 6.29 Å². The summed E-state index contributed by atoms with van der Waals surface area (Å²) < 4.78 is 16.7. The minimum absolute atomic E-state index is 0.100. The summed E-state index contributed by atoms with van der Waals surface area (Å²) in [5.74, 6) is -0.353. The molecule has 0 amide bonds. The van der Waals surface area contributed by atoms with Crippen molar-refractivity contribution in [1.82, 2.24) is 0 Å². The number of carbonyl (C=O) groups excluding carboxylic acids is 1. The van der Waals surface area contributed by atoms with Crippen LogP contribution in [-0.2, 0) is 19.0 Å². The highest BCUT2D eigenvalue weighted by molar-refractivity contribution is 5.86. The van der Waals surface area contributed by atoms with Gasteiger partial charge in [0.1, 0.15) is 6.61 Å². The van der Waals surface area contributed by atoms with Gasteiger partial charge in [0.25, 0.3) is 0 Å². The largest absolute Gasteiger partial charge is 0.462 e. The normalized spacial score (nSPS) is 25.6. The van der Waals surface area contributed by atoms with Gasteiger partial charge in [0, 0.05) is 11.0 Å². The standard InChI is InChI=1S/C17H30O4/c1-5-6-7-8-9-10-15-19-11-17(4,12-20-15)13-21-16(18)14(2)3/h15H,2,5-13H2,1,3-4H3. The number of carbonyl (C=O) groups is 1. The fraction of sp³-hybridized carbons (Fsp3) is 0.824. The van der Waals surface area contributed by atoms with Crippen molar-refractivity contribution >= 4 is 5.97 Å². The average Bonchev–Trinajstić information content (AvgIpc) is 2.46. The molecule has 0 aromatic carbocycles. The van der Waals surface area contributed by atoms with E-state index in [0.29, 0.717) is 25.4 Å². The molecule has 1 aliphatic heterocycles. The van der Waals surface area contributed by atoms with Crippen molar-refractivity contribution in [2.75, 3.05) is 19.8 Å². The first-order valence-corrected chi connectivity index (χ1v) is 8.03. The van der Waals surface area contributed by atoms with Crippen molar-refractivity contribution in [2.24, 2.45) is 5.41 Å². The van der Waals surface area contributed by atoms with Crippen LogP contribution < -0.4 is 0 Å². The zero-order chi connectivity index (χ0) is 15.7. The van der Waals surface area contributed by atoms with E-state index in [9.17, 15) is 4.79 Å². The summed E-state index contributed by atoms with van der Waals surface area (Å²) in [5.41, 5.74) is 0.158. The smallest absolute Gasteiger partial charge is 0.333 e. The van der Waals surface area contributed by atoms with E-state index in [0.717, 1.165) is 12.8 Å². The SMILES string of the molecule is C=C(C)C(=O)OCC1(C)COC(CCCCCCC)OC1. The molecule has 0 aromatic heterocycles. The van der Waals surface area contributed by atoms with E-state index in [4.69, 9.17) is 14.2 Å². The van der Waals surface area contributed by atoms with Crippen LogP contribution in [0.25, 0.3) is 0 Å². The Morgan fingerprint density at radius 2 is 1.86 bits per heavy atom. The van der Waals surface area contributed by atoms with Gasteiger partial charge in [0.2, 0.25) is 0 Å². The van der Waals surface area contributed by atoms with E-state index in [1.807, 2.05) is 6.92 Å². The molecule has 1 saturated heterocycles. The highest BCUT2D eigenvalue weighted by Gasteiger charge is 2.34. The zero-order valence-corrected chi connectivity index (χ0v) is 13.8. The molecule has 0 bridgehead atoms. The van der Waals surface area contributed by atoms with Gasteiger partial charge in [-0.15, -0.1) is 0 Å². The Labute approximate surface area is 128 Å². The van der Waals surface area contributed by atoms with Crippen LogP contribution in [0.2, 0.25) is 0 Å². The van der Waals surface area contributed by atoms with E-state index in [1.54, 1.807) is 6.92 Å². The summed E-state index contributed by atoms with van der Waals surface area (Å²) in [6, 6.07) is 0. The third-order valence-corrected chi connectivity index (χ3v) is 3.68. The Balaban J connectivity index is 2.18. The van der Waals surface area contributed by atoms with Crippen LogP contribution in [0, 0.1) is 5.41 Å². The molecule has 1 fully saturated rings. The molecule has 4 heteroatoms. The lowest BCUT2D eigenvalue weighted by Crippen LogP contribution is -2.43. The predicted octanol–water partition coefficient (Wildman–Crippen LogP) is 3.85. The van der Waals surface area contributed by atoms with E-state index in [1.165, 1.54) is 25.7 Å². The van der Waals surface area contributed by atoms with Crippen molar-refractivity contribution in [3.63, 3.8) is 0 Å². The Bertz CT molecular complexity index is 330. The molecule has 21 heavy (non-hydrogen) atoms. The number of ether oxygens (including phenoxy) is 3. The maximum absolute atomic E-state index is 11.4. The highest BCUT2D eigenvalue weighted by atomic mass is 16.7. The van der Waals surface area contributed by atoms with Gasteiger partial charge < -0.3 is 14.2 Å². The topological polar surface area (TPSA) is 44.8 Å². The van der Waals surface area contributed by atoms with Crippen LogP contribution in [0.3, 0.4) is 0 Å². The third-order valence-electron chi connectivity index (χ3n) is 3.68. The van der Waals surface area contributed by atoms with E-state index in [2.05, 4.69) is 13.5 Å². The molecule has 0 radical (unpaired) electrons. The second-order valence-electron chi connectivity index (χ2n) is 6.42. The maximum Gasteiger partial charge on any atom is 0.333 e. The first-order chi connectivity index (χ1) is 9.97. The lowest BCUT2D eigenvalue weighted by molar-refractivity contribution is -0.236. The van der Waals surface area contributed by atoms with Gasteiger partial charge in [-0.3, -0.25) is 0 Å². The van der Waals surface area contributed by atoms with Crippen LogP contribution in [-0.4, -0.2) is 32.1 Å². The van der Waals surface area contributed by atoms with E-state index >= 15 is 0 Å². The molecule has 1 aliphatic rings. The molecular weight excluding hydrogens is 268 g/mol. The Kier molecular flexibility index (Phi) is 7.97. The monoisotopic (exact) mass is 298 g/mol. The molecule has 0 atom stereocenters. The molecule has 0 spiro atoms. The molecule has 0 saturated carbocycles. The highest BCUT2D eigenvalue weighted by Crippen LogP contribution is 2.26. The van der Waals surface area contributed by atoms with Crippen molar-refractivity contribution < 1.29 is 19.0 Å². The lowest BCUT2D eigenvalue weighted by atomic mass is 9.93. The number of rotatable bonds is 9. The molecule has 1 rings (SSSR count). The fourth-order valence-corrected chi connectivity index (χ4v) is 2.21. The number of hydrogen-bond donors (Lipinski definition) is 0. The van der Waals surface area contributed by atoms with Crippen LogP contribution in [0.5, 0.6) is 0 Å². The number of hydrogen-bond acceptors (Lipinski definition) is 4. The summed E-state index contributed by atoms with van der Waals surface area (Å²) in [4.78, 5) is 11.4. The molecule has 0 aliphatic carbocycles. The Hall–Kier alpha value is -0.870. The summed E-state index contributed by atoms with van der Waals surface area (Å²) in [7, 11) is 0. The molecular formula is C17H30O4. The van der Waals surface area contributed by atoms with Gasteiger partial charge in [-0.2, -0.15) is 0 Å². The van der Waals surface area contributed by atoms with Crippen molar-refractivity contribution in [3.8, 4) is 0 Å². The van der Waals surface area contributed by atoms with Crippen LogP contribution in [0.1, 0.15) is 59.3 Å². The first kappa shape index (κ1) is 18.2.